The number of methoxy groups -OCH3 is 1. The number of carbonyl (C=O) groups excluding carboxylic acids is 2. The predicted molar refractivity (Wildman–Crippen MR) is 66.8 cm³/mol. The van der Waals surface area contributed by atoms with Gasteiger partial charge in [-0.3, -0.25) is 9.59 Å². The van der Waals surface area contributed by atoms with Gasteiger partial charge in [0.2, 0.25) is 5.91 Å². The number of nitrogens with two attached hydrogens (primary N) is 1. The fourth-order valence-electron chi connectivity index (χ4n) is 1.24. The van der Waals surface area contributed by atoms with Crippen LogP contribution in [-0.2, 0) is 4.79 Å². The summed E-state index contributed by atoms with van der Waals surface area (Å²) in [5, 5.41) is 2.48. The molecular formula is C11H13BrN2O3. The Morgan fingerprint density at radius 1 is 1.47 bits per heavy atom. The van der Waals surface area contributed by atoms with Gasteiger partial charge in [0.05, 0.1) is 17.1 Å². The molecule has 0 aliphatic carbocycles. The molecule has 0 unspecified atom stereocenters. The molecule has 1 atom stereocenters. The SMILES string of the molecule is COc1c(Br)cccc1C(=O)N[C@@H](C)C(N)=O. The first-order chi connectivity index (χ1) is 7.97. The third kappa shape index (κ3) is 3.20. The third-order valence-electron chi connectivity index (χ3n) is 2.19. The molecule has 17 heavy (non-hydrogen) atoms. The maximum absolute atomic E-state index is 11.9. The van der Waals surface area contributed by atoms with E-state index >= 15 is 0 Å². The minimum atomic E-state index is -0.730. The number of hydrogen-bond donors (Lipinski definition) is 2. The van der Waals surface area contributed by atoms with Crippen LogP contribution in [0.15, 0.2) is 22.7 Å². The van der Waals surface area contributed by atoms with Crippen molar-refractivity contribution >= 4 is 27.7 Å². The molecule has 6 heteroatoms. The normalized spacial score (nSPS) is 11.7. The van der Waals surface area contributed by atoms with Gasteiger partial charge in [0.15, 0.2) is 0 Å². The summed E-state index contributed by atoms with van der Waals surface area (Å²) in [5.74, 6) is -0.580. The number of carbonyl (C=O) groups is 2. The minimum Gasteiger partial charge on any atom is -0.495 e. The predicted octanol–water partition coefficient (Wildman–Crippen LogP) is 1.06. The Morgan fingerprint density at radius 3 is 2.65 bits per heavy atom. The van der Waals surface area contributed by atoms with Crippen molar-refractivity contribution in [3.63, 3.8) is 0 Å². The summed E-state index contributed by atoms with van der Waals surface area (Å²) in [4.78, 5) is 22.7. The molecule has 0 fully saturated rings. The van der Waals surface area contributed by atoms with E-state index in [0.29, 0.717) is 15.8 Å². The van der Waals surface area contributed by atoms with Gasteiger partial charge in [0.25, 0.3) is 5.91 Å². The van der Waals surface area contributed by atoms with Crippen LogP contribution in [-0.4, -0.2) is 25.0 Å². The fourth-order valence-corrected chi connectivity index (χ4v) is 1.77. The highest BCUT2D eigenvalue weighted by atomic mass is 79.9. The van der Waals surface area contributed by atoms with Gasteiger partial charge >= 0.3 is 0 Å². The van der Waals surface area contributed by atoms with Gasteiger partial charge in [-0.25, -0.2) is 0 Å². The highest BCUT2D eigenvalue weighted by Gasteiger charge is 2.18. The average Bonchev–Trinajstić information content (AvgIpc) is 2.28. The van der Waals surface area contributed by atoms with E-state index in [1.54, 1.807) is 18.2 Å². The molecule has 0 bridgehead atoms. The molecule has 0 aliphatic heterocycles. The number of amides is 2. The highest BCUT2D eigenvalue weighted by molar-refractivity contribution is 9.10. The topological polar surface area (TPSA) is 81.4 Å². The molecule has 2 amide bonds. The van der Waals surface area contributed by atoms with Crippen molar-refractivity contribution in [2.75, 3.05) is 7.11 Å². The van der Waals surface area contributed by atoms with Crippen LogP contribution in [0.2, 0.25) is 0 Å². The molecule has 0 spiro atoms. The maximum atomic E-state index is 11.9. The van der Waals surface area contributed by atoms with Crippen LogP contribution in [0.5, 0.6) is 5.75 Å². The van der Waals surface area contributed by atoms with Gasteiger partial charge in [-0.15, -0.1) is 0 Å². The van der Waals surface area contributed by atoms with E-state index in [9.17, 15) is 9.59 Å². The largest absolute Gasteiger partial charge is 0.495 e. The zero-order chi connectivity index (χ0) is 13.0. The summed E-state index contributed by atoms with van der Waals surface area (Å²) in [6.07, 6.45) is 0. The molecule has 1 aromatic carbocycles. The van der Waals surface area contributed by atoms with Gasteiger partial charge in [0.1, 0.15) is 11.8 Å². The van der Waals surface area contributed by atoms with E-state index in [1.165, 1.54) is 14.0 Å². The van der Waals surface area contributed by atoms with Crippen molar-refractivity contribution < 1.29 is 14.3 Å². The van der Waals surface area contributed by atoms with Gasteiger partial charge in [-0.1, -0.05) is 6.07 Å². The molecule has 3 N–H and O–H groups in total. The first kappa shape index (κ1) is 13.5. The van der Waals surface area contributed by atoms with Crippen LogP contribution in [0, 0.1) is 0 Å². The van der Waals surface area contributed by atoms with Crippen LogP contribution in [0.4, 0.5) is 0 Å². The lowest BCUT2D eigenvalue weighted by molar-refractivity contribution is -0.119. The summed E-state index contributed by atoms with van der Waals surface area (Å²) >= 11 is 3.27. The summed E-state index contributed by atoms with van der Waals surface area (Å²) in [7, 11) is 1.47. The van der Waals surface area contributed by atoms with E-state index in [1.807, 2.05) is 0 Å². The molecule has 0 aliphatic rings. The van der Waals surface area contributed by atoms with Crippen molar-refractivity contribution in [1.82, 2.24) is 5.32 Å². The van der Waals surface area contributed by atoms with Crippen molar-refractivity contribution in [3.8, 4) is 5.75 Å². The van der Waals surface area contributed by atoms with E-state index < -0.39 is 17.9 Å². The van der Waals surface area contributed by atoms with Crippen molar-refractivity contribution in [2.45, 2.75) is 13.0 Å². The van der Waals surface area contributed by atoms with E-state index in [-0.39, 0.29) is 0 Å². The molecular weight excluding hydrogens is 288 g/mol. The van der Waals surface area contributed by atoms with E-state index in [4.69, 9.17) is 10.5 Å². The molecule has 1 rings (SSSR count). The standard InChI is InChI=1S/C11H13BrN2O3/c1-6(10(13)15)14-11(16)7-4-3-5-8(12)9(7)17-2/h3-6H,1-2H3,(H2,13,15)(H,14,16)/t6-/m0/s1. The first-order valence-electron chi connectivity index (χ1n) is 4.90. The second-order valence-electron chi connectivity index (χ2n) is 3.42. The third-order valence-corrected chi connectivity index (χ3v) is 2.81. The lowest BCUT2D eigenvalue weighted by atomic mass is 10.1. The van der Waals surface area contributed by atoms with Crippen LogP contribution in [0.3, 0.4) is 0 Å². The number of halogens is 1. The zero-order valence-corrected chi connectivity index (χ0v) is 11.1. The number of primary amides is 1. The fraction of sp³-hybridized carbons (Fsp3) is 0.273. The Hall–Kier alpha value is -1.56. The van der Waals surface area contributed by atoms with Crippen LogP contribution in [0.25, 0.3) is 0 Å². The van der Waals surface area contributed by atoms with Gasteiger partial charge in [-0.05, 0) is 35.0 Å². The van der Waals surface area contributed by atoms with E-state index in [2.05, 4.69) is 21.2 Å². The first-order valence-corrected chi connectivity index (χ1v) is 5.69. The minimum absolute atomic E-state index is 0.343. The smallest absolute Gasteiger partial charge is 0.255 e. The number of ether oxygens (including phenoxy) is 1. The monoisotopic (exact) mass is 300 g/mol. The Balaban J connectivity index is 2.97. The molecule has 0 saturated heterocycles. The maximum Gasteiger partial charge on any atom is 0.255 e. The Morgan fingerprint density at radius 2 is 2.12 bits per heavy atom. The van der Waals surface area contributed by atoms with Gasteiger partial charge in [0, 0.05) is 0 Å². The van der Waals surface area contributed by atoms with Crippen LogP contribution >= 0.6 is 15.9 Å². The number of rotatable bonds is 4. The molecule has 0 heterocycles. The molecule has 0 aromatic heterocycles. The summed E-state index contributed by atoms with van der Waals surface area (Å²) in [6, 6.07) is 4.34. The average molecular weight is 301 g/mol. The molecule has 5 nitrogen and oxygen atoms in total. The number of benzene rings is 1. The van der Waals surface area contributed by atoms with Crippen LogP contribution < -0.4 is 15.8 Å². The Labute approximate surface area is 107 Å². The lowest BCUT2D eigenvalue weighted by Gasteiger charge is -2.13. The van der Waals surface area contributed by atoms with Crippen molar-refractivity contribution in [3.05, 3.63) is 28.2 Å². The summed E-state index contributed by atoms with van der Waals surface area (Å²) in [6.45, 7) is 1.52. The zero-order valence-electron chi connectivity index (χ0n) is 9.49. The molecule has 0 radical (unpaired) electrons. The van der Waals surface area contributed by atoms with Gasteiger partial charge in [-0.2, -0.15) is 0 Å². The summed E-state index contributed by atoms with van der Waals surface area (Å²) < 4.78 is 5.78. The Bertz CT molecular complexity index is 448. The van der Waals surface area contributed by atoms with Crippen LogP contribution in [0.1, 0.15) is 17.3 Å². The molecule has 1 aromatic rings. The lowest BCUT2D eigenvalue weighted by Crippen LogP contribution is -2.42. The van der Waals surface area contributed by atoms with Gasteiger partial charge < -0.3 is 15.8 Å². The highest BCUT2D eigenvalue weighted by Crippen LogP contribution is 2.28. The molecule has 0 saturated carbocycles. The molecule has 92 valence electrons. The van der Waals surface area contributed by atoms with E-state index in [0.717, 1.165) is 0 Å². The summed E-state index contributed by atoms with van der Waals surface area (Å²) in [5.41, 5.74) is 5.41. The second-order valence-corrected chi connectivity index (χ2v) is 4.27. The van der Waals surface area contributed by atoms with Crippen molar-refractivity contribution in [1.29, 1.82) is 0 Å². The van der Waals surface area contributed by atoms with Crippen molar-refractivity contribution in [2.24, 2.45) is 5.73 Å². The number of para-hydroxylation sites is 1. The quantitative estimate of drug-likeness (QED) is 0.872. The number of nitrogens with one attached hydrogen (secondary N) is 1. The Kier molecular flexibility index (Phi) is 4.51. The number of hydrogen-bond acceptors (Lipinski definition) is 3. The second kappa shape index (κ2) is 5.67.